The van der Waals surface area contributed by atoms with Gasteiger partial charge < -0.3 is 4.74 Å². The topological polar surface area (TPSA) is 66.9 Å². The summed E-state index contributed by atoms with van der Waals surface area (Å²) in [5.41, 5.74) is 0. The number of hydrogen-bond donors (Lipinski definition) is 0. The number of rotatable bonds is 3. The maximum absolute atomic E-state index is 12.6. The van der Waals surface area contributed by atoms with Crippen LogP contribution in [0.2, 0.25) is 0 Å². The van der Waals surface area contributed by atoms with Gasteiger partial charge in [-0.05, 0) is 25.7 Å². The summed E-state index contributed by atoms with van der Waals surface area (Å²) in [4.78, 5) is 11.5. The number of piperidine rings is 1. The molecule has 6 nitrogen and oxygen atoms in total. The molecule has 0 atom stereocenters. The number of methoxy groups -OCH3 is 1. The zero-order chi connectivity index (χ0) is 14.6. The molecule has 116 valence electrons. The molecule has 2 aliphatic rings. The molecule has 0 radical (unpaired) electrons. The van der Waals surface area contributed by atoms with Crippen LogP contribution in [0.15, 0.2) is 0 Å². The first-order valence-corrected chi connectivity index (χ1v) is 8.78. The van der Waals surface area contributed by atoms with Crippen LogP contribution in [0.5, 0.6) is 0 Å². The third-order valence-electron chi connectivity index (χ3n) is 4.21. The predicted molar refractivity (Wildman–Crippen MR) is 75.3 cm³/mol. The van der Waals surface area contributed by atoms with Gasteiger partial charge in [0.25, 0.3) is 10.2 Å². The Morgan fingerprint density at radius 1 is 0.950 bits per heavy atom. The van der Waals surface area contributed by atoms with E-state index in [-0.39, 0.29) is 11.9 Å². The van der Waals surface area contributed by atoms with E-state index in [1.165, 1.54) is 11.4 Å². The quantitative estimate of drug-likeness (QED) is 0.729. The lowest BCUT2D eigenvalue weighted by atomic mass is 9.99. The molecule has 0 aromatic rings. The summed E-state index contributed by atoms with van der Waals surface area (Å²) in [6.07, 6.45) is 5.21. The zero-order valence-corrected chi connectivity index (χ0v) is 12.9. The first kappa shape index (κ1) is 15.7. The van der Waals surface area contributed by atoms with Crippen LogP contribution < -0.4 is 0 Å². The largest absolute Gasteiger partial charge is 0.469 e. The summed E-state index contributed by atoms with van der Waals surface area (Å²) in [6, 6.07) is 0. The van der Waals surface area contributed by atoms with Gasteiger partial charge in [0.05, 0.1) is 13.0 Å². The fourth-order valence-electron chi connectivity index (χ4n) is 2.92. The summed E-state index contributed by atoms with van der Waals surface area (Å²) in [7, 11) is -1.97. The minimum atomic E-state index is -3.35. The molecule has 0 spiro atoms. The molecule has 2 heterocycles. The number of hydrogen-bond acceptors (Lipinski definition) is 4. The van der Waals surface area contributed by atoms with E-state index in [2.05, 4.69) is 0 Å². The highest BCUT2D eigenvalue weighted by atomic mass is 32.2. The maximum atomic E-state index is 12.6. The third kappa shape index (κ3) is 3.51. The minimum absolute atomic E-state index is 0.157. The van der Waals surface area contributed by atoms with Gasteiger partial charge in [-0.2, -0.15) is 17.0 Å². The first-order chi connectivity index (χ1) is 9.55. The predicted octanol–water partition coefficient (Wildman–Crippen LogP) is 0.992. The van der Waals surface area contributed by atoms with Crippen molar-refractivity contribution in [1.29, 1.82) is 0 Å². The summed E-state index contributed by atoms with van der Waals surface area (Å²) in [5.74, 6) is -0.382. The highest BCUT2D eigenvalue weighted by Crippen LogP contribution is 2.23. The average Bonchev–Trinajstić information content (AvgIpc) is 2.76. The third-order valence-corrected chi connectivity index (χ3v) is 6.24. The second kappa shape index (κ2) is 6.87. The molecule has 0 aromatic carbocycles. The summed E-state index contributed by atoms with van der Waals surface area (Å²) < 4.78 is 33.0. The number of ether oxygens (including phenoxy) is 1. The molecule has 20 heavy (non-hydrogen) atoms. The van der Waals surface area contributed by atoms with Crippen molar-refractivity contribution in [1.82, 2.24) is 8.61 Å². The van der Waals surface area contributed by atoms with Crippen LogP contribution >= 0.6 is 0 Å². The normalized spacial score (nSPS) is 24.2. The molecule has 0 amide bonds. The van der Waals surface area contributed by atoms with Crippen LogP contribution in [0.1, 0.15) is 38.5 Å². The van der Waals surface area contributed by atoms with E-state index < -0.39 is 10.2 Å². The summed E-state index contributed by atoms with van der Waals surface area (Å²) >= 11 is 0. The van der Waals surface area contributed by atoms with Crippen molar-refractivity contribution in [3.8, 4) is 0 Å². The minimum Gasteiger partial charge on any atom is -0.469 e. The Hall–Kier alpha value is -0.660. The highest BCUT2D eigenvalue weighted by molar-refractivity contribution is 7.86. The van der Waals surface area contributed by atoms with Crippen molar-refractivity contribution >= 4 is 16.2 Å². The van der Waals surface area contributed by atoms with Gasteiger partial charge in [-0.15, -0.1) is 0 Å². The van der Waals surface area contributed by atoms with Gasteiger partial charge in [0.1, 0.15) is 0 Å². The van der Waals surface area contributed by atoms with Crippen molar-refractivity contribution < 1.29 is 17.9 Å². The Kier molecular flexibility index (Phi) is 5.40. The van der Waals surface area contributed by atoms with Crippen LogP contribution in [-0.4, -0.2) is 56.3 Å². The van der Waals surface area contributed by atoms with E-state index in [0.717, 1.165) is 25.7 Å². The van der Waals surface area contributed by atoms with Gasteiger partial charge in [0, 0.05) is 26.2 Å². The van der Waals surface area contributed by atoms with Crippen LogP contribution in [0, 0.1) is 5.92 Å². The number of nitrogens with zero attached hydrogens (tertiary/aromatic N) is 2. The first-order valence-electron chi connectivity index (χ1n) is 7.39. The van der Waals surface area contributed by atoms with Gasteiger partial charge in [0.15, 0.2) is 0 Å². The monoisotopic (exact) mass is 304 g/mol. The molecule has 0 aromatic heterocycles. The average molecular weight is 304 g/mol. The Balaban J connectivity index is 1.96. The van der Waals surface area contributed by atoms with Crippen LogP contribution in [0.4, 0.5) is 0 Å². The number of carbonyl (C=O) groups excluding carboxylic acids is 1. The summed E-state index contributed by atoms with van der Waals surface area (Å²) in [5, 5.41) is 0. The lowest BCUT2D eigenvalue weighted by molar-refractivity contribution is -0.146. The SMILES string of the molecule is COC(=O)C1CCN(S(=O)(=O)N2CCCCCC2)CC1. The smallest absolute Gasteiger partial charge is 0.308 e. The number of esters is 1. The van der Waals surface area contributed by atoms with Crippen molar-refractivity contribution in [2.45, 2.75) is 38.5 Å². The van der Waals surface area contributed by atoms with E-state index in [4.69, 9.17) is 4.74 Å². The molecule has 0 unspecified atom stereocenters. The van der Waals surface area contributed by atoms with Crippen molar-refractivity contribution in [2.75, 3.05) is 33.3 Å². The standard InChI is InChI=1S/C13H24N2O4S/c1-19-13(16)12-6-10-15(11-7-12)20(17,18)14-8-4-2-3-5-9-14/h12H,2-11H2,1H3. The summed E-state index contributed by atoms with van der Waals surface area (Å²) in [6.45, 7) is 2.08. The van der Waals surface area contributed by atoms with Gasteiger partial charge in [-0.1, -0.05) is 12.8 Å². The maximum Gasteiger partial charge on any atom is 0.308 e. The highest BCUT2D eigenvalue weighted by Gasteiger charge is 2.35. The lowest BCUT2D eigenvalue weighted by Gasteiger charge is -2.33. The van der Waals surface area contributed by atoms with E-state index >= 15 is 0 Å². The fraction of sp³-hybridized carbons (Fsp3) is 0.923. The van der Waals surface area contributed by atoms with Gasteiger partial charge in [-0.3, -0.25) is 4.79 Å². The lowest BCUT2D eigenvalue weighted by Crippen LogP contribution is -2.48. The molecule has 7 heteroatoms. The van der Waals surface area contributed by atoms with Crippen molar-refractivity contribution in [2.24, 2.45) is 5.92 Å². The second-order valence-corrected chi connectivity index (χ2v) is 7.45. The van der Waals surface area contributed by atoms with E-state index in [1.54, 1.807) is 4.31 Å². The van der Waals surface area contributed by atoms with Crippen molar-refractivity contribution in [3.05, 3.63) is 0 Å². The molecule has 0 saturated carbocycles. The van der Waals surface area contributed by atoms with Crippen LogP contribution in [0.25, 0.3) is 0 Å². The molecular formula is C13H24N2O4S. The van der Waals surface area contributed by atoms with Crippen LogP contribution in [-0.2, 0) is 19.7 Å². The van der Waals surface area contributed by atoms with Crippen molar-refractivity contribution in [3.63, 3.8) is 0 Å². The zero-order valence-electron chi connectivity index (χ0n) is 12.1. The van der Waals surface area contributed by atoms with E-state index in [9.17, 15) is 13.2 Å². The second-order valence-electron chi connectivity index (χ2n) is 5.52. The molecule has 0 bridgehead atoms. The molecular weight excluding hydrogens is 280 g/mol. The van der Waals surface area contributed by atoms with Gasteiger partial charge in [0.2, 0.25) is 0 Å². The molecule has 2 saturated heterocycles. The van der Waals surface area contributed by atoms with Gasteiger partial charge >= 0.3 is 5.97 Å². The molecule has 0 aliphatic carbocycles. The molecule has 2 rings (SSSR count). The Bertz CT molecular complexity index is 422. The molecule has 2 fully saturated rings. The Morgan fingerprint density at radius 3 is 1.95 bits per heavy atom. The van der Waals surface area contributed by atoms with E-state index in [1.807, 2.05) is 0 Å². The fourth-order valence-corrected chi connectivity index (χ4v) is 4.64. The van der Waals surface area contributed by atoms with Crippen LogP contribution in [0.3, 0.4) is 0 Å². The van der Waals surface area contributed by atoms with Gasteiger partial charge in [-0.25, -0.2) is 0 Å². The molecule has 2 aliphatic heterocycles. The Labute approximate surface area is 121 Å². The number of carbonyl (C=O) groups is 1. The molecule has 0 N–H and O–H groups in total. The Morgan fingerprint density at radius 2 is 1.45 bits per heavy atom. The van der Waals surface area contributed by atoms with E-state index in [0.29, 0.717) is 39.0 Å².